The van der Waals surface area contributed by atoms with E-state index in [0.717, 1.165) is 11.1 Å². The summed E-state index contributed by atoms with van der Waals surface area (Å²) >= 11 is 5.75. The Morgan fingerprint density at radius 1 is 1.24 bits per heavy atom. The van der Waals surface area contributed by atoms with Crippen LogP contribution in [0.25, 0.3) is 0 Å². The van der Waals surface area contributed by atoms with Gasteiger partial charge in [0.1, 0.15) is 5.02 Å². The molecule has 1 atom stereocenters. The van der Waals surface area contributed by atoms with E-state index in [2.05, 4.69) is 5.32 Å². The van der Waals surface area contributed by atoms with E-state index in [1.54, 1.807) is 6.07 Å². The van der Waals surface area contributed by atoms with Gasteiger partial charge >= 0.3 is 0 Å². The van der Waals surface area contributed by atoms with Crippen molar-refractivity contribution < 1.29 is 10.0 Å². The molecule has 1 unspecified atom stereocenters. The highest BCUT2D eigenvalue weighted by atomic mass is 35.5. The fourth-order valence-corrected chi connectivity index (χ4v) is 2.14. The molecule has 0 spiro atoms. The second-order valence-corrected chi connectivity index (χ2v) is 5.01. The van der Waals surface area contributed by atoms with Crippen LogP contribution >= 0.6 is 11.6 Å². The SMILES string of the molecule is O=[N+]([O-])c1cc(CNCC(O)c2ccccc2)ccc1Cl. The van der Waals surface area contributed by atoms with Gasteiger partial charge in [0.25, 0.3) is 5.69 Å². The maximum atomic E-state index is 10.8. The molecule has 0 radical (unpaired) electrons. The van der Waals surface area contributed by atoms with E-state index < -0.39 is 11.0 Å². The van der Waals surface area contributed by atoms with E-state index >= 15 is 0 Å². The van der Waals surface area contributed by atoms with Gasteiger partial charge in [0.2, 0.25) is 0 Å². The van der Waals surface area contributed by atoms with Crippen molar-refractivity contribution in [3.63, 3.8) is 0 Å². The topological polar surface area (TPSA) is 75.4 Å². The molecule has 2 aromatic carbocycles. The average Bonchev–Trinajstić information content (AvgIpc) is 2.49. The number of nitro benzene ring substituents is 1. The number of rotatable bonds is 6. The molecule has 0 aliphatic heterocycles. The molecule has 0 aliphatic carbocycles. The molecule has 0 saturated carbocycles. The van der Waals surface area contributed by atoms with E-state index in [0.29, 0.717) is 13.1 Å². The molecule has 2 aromatic rings. The van der Waals surface area contributed by atoms with Gasteiger partial charge in [0.15, 0.2) is 0 Å². The van der Waals surface area contributed by atoms with Gasteiger partial charge in [-0.25, -0.2) is 0 Å². The largest absolute Gasteiger partial charge is 0.387 e. The van der Waals surface area contributed by atoms with Crippen LogP contribution in [0.1, 0.15) is 17.2 Å². The van der Waals surface area contributed by atoms with Crippen molar-refractivity contribution >= 4 is 17.3 Å². The average molecular weight is 307 g/mol. The first-order valence-corrected chi connectivity index (χ1v) is 6.82. The summed E-state index contributed by atoms with van der Waals surface area (Å²) in [4.78, 5) is 10.3. The minimum Gasteiger partial charge on any atom is -0.387 e. The molecule has 0 heterocycles. The monoisotopic (exact) mass is 306 g/mol. The lowest BCUT2D eigenvalue weighted by Crippen LogP contribution is -2.21. The summed E-state index contributed by atoms with van der Waals surface area (Å²) < 4.78 is 0. The molecular weight excluding hydrogens is 292 g/mol. The first kappa shape index (κ1) is 15.4. The van der Waals surface area contributed by atoms with Crippen molar-refractivity contribution in [2.75, 3.05) is 6.54 Å². The first-order chi connectivity index (χ1) is 10.1. The third-order valence-corrected chi connectivity index (χ3v) is 3.38. The minimum absolute atomic E-state index is 0.112. The molecule has 2 N–H and O–H groups in total. The molecule has 0 aromatic heterocycles. The summed E-state index contributed by atoms with van der Waals surface area (Å²) in [6.07, 6.45) is -0.617. The van der Waals surface area contributed by atoms with Gasteiger partial charge in [0, 0.05) is 19.2 Å². The molecule has 6 heteroatoms. The third kappa shape index (κ3) is 4.26. The summed E-state index contributed by atoms with van der Waals surface area (Å²) in [7, 11) is 0. The quantitative estimate of drug-likeness (QED) is 0.635. The van der Waals surface area contributed by atoms with Crippen molar-refractivity contribution in [3.05, 3.63) is 74.8 Å². The number of aliphatic hydroxyl groups excluding tert-OH is 1. The smallest absolute Gasteiger partial charge is 0.288 e. The van der Waals surface area contributed by atoms with Crippen molar-refractivity contribution in [3.8, 4) is 0 Å². The van der Waals surface area contributed by atoms with Gasteiger partial charge in [-0.3, -0.25) is 10.1 Å². The lowest BCUT2D eigenvalue weighted by Gasteiger charge is -2.12. The number of nitrogens with zero attached hydrogens (tertiary/aromatic N) is 1. The van der Waals surface area contributed by atoms with Crippen LogP contribution in [0.5, 0.6) is 0 Å². The zero-order valence-electron chi connectivity index (χ0n) is 11.2. The highest BCUT2D eigenvalue weighted by Gasteiger charge is 2.13. The van der Waals surface area contributed by atoms with E-state index in [9.17, 15) is 15.2 Å². The fourth-order valence-electron chi connectivity index (χ4n) is 1.95. The molecule has 0 amide bonds. The third-order valence-electron chi connectivity index (χ3n) is 3.06. The van der Waals surface area contributed by atoms with Crippen molar-refractivity contribution in [1.29, 1.82) is 0 Å². The number of nitro groups is 1. The van der Waals surface area contributed by atoms with E-state index in [4.69, 9.17) is 11.6 Å². The molecular formula is C15H15ClN2O3. The number of hydrogen-bond donors (Lipinski definition) is 2. The van der Waals surface area contributed by atoms with E-state index in [1.807, 2.05) is 30.3 Å². The van der Waals surface area contributed by atoms with Crippen LogP contribution in [0.2, 0.25) is 5.02 Å². The van der Waals surface area contributed by atoms with Gasteiger partial charge in [-0.15, -0.1) is 0 Å². The molecule has 2 rings (SSSR count). The fraction of sp³-hybridized carbons (Fsp3) is 0.200. The molecule has 5 nitrogen and oxygen atoms in total. The Kier molecular flexibility index (Phi) is 5.27. The van der Waals surface area contributed by atoms with Gasteiger partial charge in [-0.1, -0.05) is 48.0 Å². The summed E-state index contributed by atoms with van der Waals surface area (Å²) in [5.74, 6) is 0. The molecule has 0 saturated heterocycles. The second-order valence-electron chi connectivity index (χ2n) is 4.60. The Morgan fingerprint density at radius 3 is 2.62 bits per heavy atom. The Labute approximate surface area is 127 Å². The normalized spacial score (nSPS) is 12.1. The van der Waals surface area contributed by atoms with Crippen molar-refractivity contribution in [2.45, 2.75) is 12.6 Å². The summed E-state index contributed by atoms with van der Waals surface area (Å²) in [6, 6.07) is 14.0. The summed E-state index contributed by atoms with van der Waals surface area (Å²) in [5, 5.41) is 24.0. The lowest BCUT2D eigenvalue weighted by molar-refractivity contribution is -0.384. The summed E-state index contributed by atoms with van der Waals surface area (Å²) in [6.45, 7) is 0.780. The predicted molar refractivity (Wildman–Crippen MR) is 81.2 cm³/mol. The maximum absolute atomic E-state index is 10.8. The van der Waals surface area contributed by atoms with Crippen molar-refractivity contribution in [2.24, 2.45) is 0 Å². The Balaban J connectivity index is 1.92. The molecule has 0 aliphatic rings. The minimum atomic E-state index is -0.617. The van der Waals surface area contributed by atoms with Crippen LogP contribution < -0.4 is 5.32 Å². The van der Waals surface area contributed by atoms with Gasteiger partial charge < -0.3 is 10.4 Å². The van der Waals surface area contributed by atoms with Crippen LogP contribution in [0, 0.1) is 10.1 Å². The molecule has 110 valence electrons. The van der Waals surface area contributed by atoms with Crippen molar-refractivity contribution in [1.82, 2.24) is 5.32 Å². The van der Waals surface area contributed by atoms with Crippen LogP contribution in [0.15, 0.2) is 48.5 Å². The van der Waals surface area contributed by atoms with E-state index in [-0.39, 0.29) is 10.7 Å². The highest BCUT2D eigenvalue weighted by molar-refractivity contribution is 6.32. The molecule has 21 heavy (non-hydrogen) atoms. The molecule has 0 bridgehead atoms. The van der Waals surface area contributed by atoms with Crippen LogP contribution in [-0.2, 0) is 6.54 Å². The maximum Gasteiger partial charge on any atom is 0.288 e. The number of aliphatic hydroxyl groups is 1. The highest BCUT2D eigenvalue weighted by Crippen LogP contribution is 2.25. The standard InChI is InChI=1S/C15H15ClN2O3/c16-13-7-6-11(8-14(13)18(20)21)9-17-10-15(19)12-4-2-1-3-5-12/h1-8,15,17,19H,9-10H2. The number of benzene rings is 2. The zero-order valence-corrected chi connectivity index (χ0v) is 12.0. The Morgan fingerprint density at radius 2 is 1.95 bits per heavy atom. The van der Waals surface area contributed by atoms with E-state index in [1.165, 1.54) is 12.1 Å². The number of hydrogen-bond acceptors (Lipinski definition) is 4. The number of nitrogens with one attached hydrogen (secondary N) is 1. The predicted octanol–water partition coefficient (Wildman–Crippen LogP) is 3.07. The van der Waals surface area contributed by atoms with Gasteiger partial charge in [0.05, 0.1) is 11.0 Å². The second kappa shape index (κ2) is 7.17. The van der Waals surface area contributed by atoms with Crippen LogP contribution in [0.4, 0.5) is 5.69 Å². The lowest BCUT2D eigenvalue weighted by atomic mass is 10.1. The Bertz CT molecular complexity index is 620. The first-order valence-electron chi connectivity index (χ1n) is 6.44. The van der Waals surface area contributed by atoms with Gasteiger partial charge in [-0.05, 0) is 17.2 Å². The van der Waals surface area contributed by atoms with Gasteiger partial charge in [-0.2, -0.15) is 0 Å². The number of halogens is 1. The Hall–Kier alpha value is -1.95. The summed E-state index contributed by atoms with van der Waals surface area (Å²) in [5.41, 5.74) is 1.46. The van der Waals surface area contributed by atoms with Crippen LogP contribution in [0.3, 0.4) is 0 Å². The molecule has 0 fully saturated rings. The van der Waals surface area contributed by atoms with Crippen LogP contribution in [-0.4, -0.2) is 16.6 Å². The zero-order chi connectivity index (χ0) is 15.2.